The van der Waals surface area contributed by atoms with Gasteiger partial charge >= 0.3 is 6.09 Å². The number of rotatable bonds is 3. The maximum absolute atomic E-state index is 12.9. The van der Waals surface area contributed by atoms with E-state index in [2.05, 4.69) is 0 Å². The van der Waals surface area contributed by atoms with Crippen LogP contribution in [0.1, 0.15) is 44.4 Å². The normalized spacial score (nSPS) is 15.4. The number of aryl methyl sites for hydroxylation is 2. The monoisotopic (exact) mass is 386 g/mol. The highest BCUT2D eigenvalue weighted by Crippen LogP contribution is 2.18. The molecule has 1 saturated heterocycles. The Balaban J connectivity index is 2.11. The van der Waals surface area contributed by atoms with Crippen LogP contribution in [0.25, 0.3) is 6.08 Å². The van der Waals surface area contributed by atoms with Crippen LogP contribution in [0.2, 0.25) is 0 Å². The average Bonchev–Trinajstić information content (AvgIpc) is 2.60. The Bertz CT molecular complexity index is 797. The van der Waals surface area contributed by atoms with Crippen LogP contribution in [0.3, 0.4) is 0 Å². The first-order valence-corrected chi connectivity index (χ1v) is 9.55. The number of ether oxygens (including phenoxy) is 1. The van der Waals surface area contributed by atoms with E-state index >= 15 is 0 Å². The van der Waals surface area contributed by atoms with Gasteiger partial charge in [0.05, 0.1) is 5.57 Å². The fourth-order valence-corrected chi connectivity index (χ4v) is 2.97. The van der Waals surface area contributed by atoms with Crippen molar-refractivity contribution >= 4 is 23.9 Å². The molecule has 2 rings (SSSR count). The predicted octanol–water partition coefficient (Wildman–Crippen LogP) is 3.36. The Morgan fingerprint density at radius 1 is 1.00 bits per heavy atom. The minimum absolute atomic E-state index is 0.166. The molecule has 0 aromatic heterocycles. The van der Waals surface area contributed by atoms with Gasteiger partial charge in [0.15, 0.2) is 5.78 Å². The Morgan fingerprint density at radius 2 is 1.57 bits per heavy atom. The van der Waals surface area contributed by atoms with Gasteiger partial charge in [-0.1, -0.05) is 23.8 Å². The van der Waals surface area contributed by atoms with Crippen LogP contribution in [0.4, 0.5) is 4.79 Å². The van der Waals surface area contributed by atoms with E-state index in [4.69, 9.17) is 4.74 Å². The molecule has 1 aromatic carbocycles. The zero-order valence-electron chi connectivity index (χ0n) is 17.7. The van der Waals surface area contributed by atoms with Gasteiger partial charge in [-0.2, -0.15) is 0 Å². The number of amides is 2. The van der Waals surface area contributed by atoms with Crippen LogP contribution >= 0.6 is 0 Å². The minimum Gasteiger partial charge on any atom is -0.444 e. The van der Waals surface area contributed by atoms with Crippen LogP contribution in [0, 0.1) is 13.8 Å². The number of benzene rings is 1. The van der Waals surface area contributed by atoms with Gasteiger partial charge in [-0.3, -0.25) is 9.59 Å². The maximum atomic E-state index is 12.9. The molecule has 1 fully saturated rings. The van der Waals surface area contributed by atoms with Crippen molar-refractivity contribution in [2.75, 3.05) is 26.2 Å². The predicted molar refractivity (Wildman–Crippen MR) is 109 cm³/mol. The molecule has 1 aromatic rings. The minimum atomic E-state index is -0.555. The van der Waals surface area contributed by atoms with E-state index in [1.807, 2.05) is 52.8 Å². The molecule has 6 nitrogen and oxygen atoms in total. The zero-order valence-corrected chi connectivity index (χ0v) is 17.7. The molecule has 2 amide bonds. The van der Waals surface area contributed by atoms with Gasteiger partial charge in [-0.05, 0) is 58.7 Å². The Kier molecular flexibility index (Phi) is 6.65. The largest absolute Gasteiger partial charge is 0.444 e. The average molecular weight is 386 g/mol. The third-order valence-corrected chi connectivity index (χ3v) is 4.56. The second-order valence-electron chi connectivity index (χ2n) is 8.23. The first-order valence-electron chi connectivity index (χ1n) is 9.55. The van der Waals surface area contributed by atoms with E-state index in [1.54, 1.807) is 15.9 Å². The van der Waals surface area contributed by atoms with Crippen molar-refractivity contribution in [2.24, 2.45) is 0 Å². The summed E-state index contributed by atoms with van der Waals surface area (Å²) in [5.74, 6) is -0.558. The van der Waals surface area contributed by atoms with Crippen LogP contribution in [-0.2, 0) is 14.3 Å². The zero-order chi connectivity index (χ0) is 21.1. The molecule has 0 atom stereocenters. The van der Waals surface area contributed by atoms with Gasteiger partial charge in [0, 0.05) is 26.2 Å². The molecule has 1 heterocycles. The van der Waals surface area contributed by atoms with Crippen molar-refractivity contribution in [3.8, 4) is 0 Å². The summed E-state index contributed by atoms with van der Waals surface area (Å²) in [5.41, 5.74) is 2.55. The van der Waals surface area contributed by atoms with Crippen molar-refractivity contribution in [1.82, 2.24) is 9.80 Å². The third kappa shape index (κ3) is 5.68. The number of carbonyl (C=O) groups excluding carboxylic acids is 3. The van der Waals surface area contributed by atoms with Crippen LogP contribution in [-0.4, -0.2) is 59.4 Å². The smallest absolute Gasteiger partial charge is 0.410 e. The van der Waals surface area contributed by atoms with Crippen molar-refractivity contribution in [3.63, 3.8) is 0 Å². The highest BCUT2D eigenvalue weighted by atomic mass is 16.6. The molecular formula is C22H30N2O4. The maximum Gasteiger partial charge on any atom is 0.410 e. The van der Waals surface area contributed by atoms with Gasteiger partial charge in [0.1, 0.15) is 5.60 Å². The number of ketones is 1. The SMILES string of the molecule is CC(=O)/C(=C\c1cc(C)ccc1C)C(=O)N1CCN(C(=O)OC(C)(C)C)CC1. The molecule has 0 aliphatic carbocycles. The fraction of sp³-hybridized carbons (Fsp3) is 0.500. The quantitative estimate of drug-likeness (QED) is 0.454. The van der Waals surface area contributed by atoms with Crippen LogP contribution in [0.5, 0.6) is 0 Å². The molecule has 1 aliphatic rings. The summed E-state index contributed by atoms with van der Waals surface area (Å²) in [7, 11) is 0. The summed E-state index contributed by atoms with van der Waals surface area (Å²) in [4.78, 5) is 40.5. The molecule has 28 heavy (non-hydrogen) atoms. The molecule has 0 unspecified atom stereocenters. The van der Waals surface area contributed by atoms with E-state index in [1.165, 1.54) is 6.92 Å². The number of Topliss-reactive ketones (excluding diaryl/α,β-unsaturated/α-hetero) is 1. The number of piperazine rings is 1. The summed E-state index contributed by atoms with van der Waals surface area (Å²) in [5, 5.41) is 0. The summed E-state index contributed by atoms with van der Waals surface area (Å²) in [6.07, 6.45) is 1.30. The lowest BCUT2D eigenvalue weighted by molar-refractivity contribution is -0.130. The van der Waals surface area contributed by atoms with Crippen molar-refractivity contribution < 1.29 is 19.1 Å². The number of hydrogen-bond acceptors (Lipinski definition) is 4. The number of carbonyl (C=O) groups is 3. The Morgan fingerprint density at radius 3 is 2.11 bits per heavy atom. The Labute approximate surface area is 167 Å². The van der Waals surface area contributed by atoms with E-state index in [0.717, 1.165) is 16.7 Å². The van der Waals surface area contributed by atoms with Gasteiger partial charge in [-0.15, -0.1) is 0 Å². The first kappa shape index (κ1) is 21.7. The van der Waals surface area contributed by atoms with Gasteiger partial charge in [0.2, 0.25) is 0 Å². The number of hydrogen-bond donors (Lipinski definition) is 0. The summed E-state index contributed by atoms with van der Waals surface area (Å²) in [6.45, 7) is 12.3. The summed E-state index contributed by atoms with van der Waals surface area (Å²) < 4.78 is 5.38. The van der Waals surface area contributed by atoms with E-state index in [9.17, 15) is 14.4 Å². The van der Waals surface area contributed by atoms with Crippen molar-refractivity contribution in [2.45, 2.75) is 47.1 Å². The molecule has 0 spiro atoms. The highest BCUT2D eigenvalue weighted by molar-refractivity contribution is 6.21. The topological polar surface area (TPSA) is 66.9 Å². The van der Waals surface area contributed by atoms with Crippen molar-refractivity contribution in [3.05, 3.63) is 40.5 Å². The van der Waals surface area contributed by atoms with E-state index in [-0.39, 0.29) is 23.4 Å². The Hall–Kier alpha value is -2.63. The fourth-order valence-electron chi connectivity index (χ4n) is 2.97. The van der Waals surface area contributed by atoms with E-state index < -0.39 is 5.60 Å². The van der Waals surface area contributed by atoms with Crippen LogP contribution in [0.15, 0.2) is 23.8 Å². The van der Waals surface area contributed by atoms with E-state index in [0.29, 0.717) is 26.2 Å². The lowest BCUT2D eigenvalue weighted by atomic mass is 10.0. The molecular weight excluding hydrogens is 356 g/mol. The summed E-state index contributed by atoms with van der Waals surface area (Å²) >= 11 is 0. The van der Waals surface area contributed by atoms with Gasteiger partial charge < -0.3 is 14.5 Å². The first-order chi connectivity index (χ1) is 13.0. The second-order valence-corrected chi connectivity index (χ2v) is 8.23. The van der Waals surface area contributed by atoms with Crippen LogP contribution < -0.4 is 0 Å². The lowest BCUT2D eigenvalue weighted by Gasteiger charge is -2.35. The third-order valence-electron chi connectivity index (χ3n) is 4.56. The molecule has 1 aliphatic heterocycles. The molecule has 0 saturated carbocycles. The van der Waals surface area contributed by atoms with Gasteiger partial charge in [0.25, 0.3) is 5.91 Å². The van der Waals surface area contributed by atoms with Gasteiger partial charge in [-0.25, -0.2) is 4.79 Å². The molecule has 0 radical (unpaired) electrons. The molecule has 0 bridgehead atoms. The van der Waals surface area contributed by atoms with Crippen molar-refractivity contribution in [1.29, 1.82) is 0 Å². The molecule has 0 N–H and O–H groups in total. The second kappa shape index (κ2) is 8.59. The standard InChI is InChI=1S/C22H30N2O4/c1-15-7-8-16(2)18(13-15)14-19(17(3)25)20(26)23-9-11-24(12-10-23)21(27)28-22(4,5)6/h7-8,13-14H,9-12H2,1-6H3/b19-14+. The molecule has 152 valence electrons. The highest BCUT2D eigenvalue weighted by Gasteiger charge is 2.29. The molecule has 6 heteroatoms. The summed E-state index contributed by atoms with van der Waals surface area (Å²) in [6, 6.07) is 5.94. The number of nitrogens with zero attached hydrogens (tertiary/aromatic N) is 2. The lowest BCUT2D eigenvalue weighted by Crippen LogP contribution is -2.52.